The number of ether oxygens (including phenoxy) is 1. The first-order valence-corrected chi connectivity index (χ1v) is 10.8. The number of rotatable bonds is 5. The summed E-state index contributed by atoms with van der Waals surface area (Å²) in [5.74, 6) is 0.664. The Labute approximate surface area is 184 Å². The van der Waals surface area contributed by atoms with Gasteiger partial charge in [0.1, 0.15) is 11.9 Å². The van der Waals surface area contributed by atoms with Crippen molar-refractivity contribution in [2.45, 2.75) is 31.5 Å². The average Bonchev–Trinajstić information content (AvgIpc) is 3.46. The van der Waals surface area contributed by atoms with Gasteiger partial charge in [-0.05, 0) is 55.1 Å². The van der Waals surface area contributed by atoms with Crippen molar-refractivity contribution in [2.24, 2.45) is 17.6 Å². The van der Waals surface area contributed by atoms with Crippen molar-refractivity contribution in [1.82, 2.24) is 20.3 Å². The molecule has 0 radical (unpaired) electrons. The lowest BCUT2D eigenvalue weighted by Crippen LogP contribution is -2.38. The molecule has 1 unspecified atom stereocenters. The van der Waals surface area contributed by atoms with Crippen LogP contribution in [0.5, 0.6) is 0 Å². The number of carbonyl (C=O) groups excluding carboxylic acids is 1. The molecule has 9 nitrogen and oxygen atoms in total. The van der Waals surface area contributed by atoms with Crippen LogP contribution in [0.15, 0.2) is 30.6 Å². The number of hydrogen-bond donors (Lipinski definition) is 2. The maximum Gasteiger partial charge on any atom is 0.414 e. The third-order valence-corrected chi connectivity index (χ3v) is 6.54. The van der Waals surface area contributed by atoms with E-state index in [1.807, 2.05) is 0 Å². The summed E-state index contributed by atoms with van der Waals surface area (Å²) in [7, 11) is 0. The van der Waals surface area contributed by atoms with Crippen LogP contribution in [0, 0.1) is 17.7 Å². The van der Waals surface area contributed by atoms with Crippen molar-refractivity contribution in [2.75, 3.05) is 29.4 Å². The third kappa shape index (κ3) is 4.01. The van der Waals surface area contributed by atoms with Gasteiger partial charge in [-0.15, -0.1) is 5.10 Å². The van der Waals surface area contributed by atoms with E-state index < -0.39 is 6.09 Å². The van der Waals surface area contributed by atoms with Crippen LogP contribution < -0.4 is 20.9 Å². The van der Waals surface area contributed by atoms with Gasteiger partial charge >= 0.3 is 6.09 Å². The second-order valence-electron chi connectivity index (χ2n) is 8.48. The number of nitrogens with two attached hydrogens (primary N) is 1. The summed E-state index contributed by atoms with van der Waals surface area (Å²) >= 11 is 4.94. The average molecular weight is 446 g/mol. The van der Waals surface area contributed by atoms with Gasteiger partial charge in [0.15, 0.2) is 5.11 Å². The molecule has 11 heteroatoms. The van der Waals surface area contributed by atoms with Crippen molar-refractivity contribution in [3.8, 4) is 0 Å². The summed E-state index contributed by atoms with van der Waals surface area (Å²) in [6.07, 6.45) is 4.41. The zero-order valence-corrected chi connectivity index (χ0v) is 17.7. The molecule has 2 aliphatic heterocycles. The summed E-state index contributed by atoms with van der Waals surface area (Å²) in [5, 5.41) is 11.1. The van der Waals surface area contributed by atoms with Gasteiger partial charge in [-0.1, -0.05) is 5.21 Å². The van der Waals surface area contributed by atoms with E-state index in [2.05, 4.69) is 20.5 Å². The molecule has 3 heterocycles. The van der Waals surface area contributed by atoms with Crippen LogP contribution in [-0.4, -0.2) is 58.0 Å². The third-order valence-electron chi connectivity index (χ3n) is 6.42. The SMILES string of the molecule is NC(=S)NC1C[C@@H]2CN(c3ccc(N4C[C@H](Cn5ccnn5)OC4=O)cc3F)C[C@@H]2C1. The van der Waals surface area contributed by atoms with Crippen LogP contribution in [0.1, 0.15) is 12.8 Å². The molecular formula is C20H24FN7O2S. The van der Waals surface area contributed by atoms with Gasteiger partial charge in [0.05, 0.1) is 30.7 Å². The fourth-order valence-corrected chi connectivity index (χ4v) is 5.27. The molecule has 1 aromatic heterocycles. The van der Waals surface area contributed by atoms with E-state index in [1.54, 1.807) is 29.2 Å². The zero-order chi connectivity index (χ0) is 21.5. The van der Waals surface area contributed by atoms with Gasteiger partial charge in [0.2, 0.25) is 0 Å². The fraction of sp³-hybridized carbons (Fsp3) is 0.500. The Hall–Kier alpha value is -2.95. The van der Waals surface area contributed by atoms with Crippen molar-refractivity contribution in [3.05, 3.63) is 36.4 Å². The molecule has 5 rings (SSSR count). The maximum absolute atomic E-state index is 15.0. The van der Waals surface area contributed by atoms with Crippen LogP contribution >= 0.6 is 12.2 Å². The minimum atomic E-state index is -0.482. The Balaban J connectivity index is 1.23. The van der Waals surface area contributed by atoms with Gasteiger partial charge in [0.25, 0.3) is 0 Å². The number of fused-ring (bicyclic) bond motifs is 1. The van der Waals surface area contributed by atoms with Gasteiger partial charge in [-0.2, -0.15) is 0 Å². The van der Waals surface area contributed by atoms with E-state index in [9.17, 15) is 4.79 Å². The number of thiocarbonyl (C=S) groups is 1. The smallest absolute Gasteiger partial charge is 0.414 e. The predicted octanol–water partition coefficient (Wildman–Crippen LogP) is 1.49. The number of benzene rings is 1. The van der Waals surface area contributed by atoms with Gasteiger partial charge in [0, 0.05) is 25.3 Å². The molecule has 0 spiro atoms. The molecule has 2 saturated heterocycles. The summed E-state index contributed by atoms with van der Waals surface area (Å²) < 4.78 is 22.0. The van der Waals surface area contributed by atoms with E-state index in [-0.39, 0.29) is 11.9 Å². The number of anilines is 2. The lowest BCUT2D eigenvalue weighted by atomic mass is 10.0. The van der Waals surface area contributed by atoms with Gasteiger partial charge < -0.3 is 20.7 Å². The molecule has 4 atom stereocenters. The maximum atomic E-state index is 15.0. The molecule has 164 valence electrons. The highest BCUT2D eigenvalue weighted by Crippen LogP contribution is 2.41. The van der Waals surface area contributed by atoms with E-state index in [1.165, 1.54) is 11.0 Å². The van der Waals surface area contributed by atoms with Gasteiger partial charge in [-0.3, -0.25) is 4.90 Å². The Morgan fingerprint density at radius 3 is 2.71 bits per heavy atom. The molecule has 1 aliphatic carbocycles. The standard InChI is InChI=1S/C20H24FN7O2S/c21-17-7-15(28-11-16(30-20(28)29)10-27-4-3-23-25-27)1-2-18(17)26-8-12-5-14(24-19(22)31)6-13(12)9-26/h1-4,7,12-14,16H,5-6,8-11H2,(H3,22,24,31)/t12-,13+,14?,16-/m0/s1. The summed E-state index contributed by atoms with van der Waals surface area (Å²) in [4.78, 5) is 15.9. The second-order valence-corrected chi connectivity index (χ2v) is 8.92. The number of amides is 1. The number of nitrogens with zero attached hydrogens (tertiary/aromatic N) is 5. The predicted molar refractivity (Wildman–Crippen MR) is 116 cm³/mol. The van der Waals surface area contributed by atoms with E-state index in [0.717, 1.165) is 25.9 Å². The summed E-state index contributed by atoms with van der Waals surface area (Å²) in [6.45, 7) is 2.36. The number of halogens is 1. The monoisotopic (exact) mass is 445 g/mol. The first-order valence-electron chi connectivity index (χ1n) is 10.4. The molecule has 1 amide bonds. The van der Waals surface area contributed by atoms with Crippen molar-refractivity contribution < 1.29 is 13.9 Å². The number of carbonyl (C=O) groups is 1. The Morgan fingerprint density at radius 2 is 2.06 bits per heavy atom. The molecule has 1 aromatic carbocycles. The number of aromatic nitrogens is 3. The lowest BCUT2D eigenvalue weighted by molar-refractivity contribution is 0.129. The first kappa shape index (κ1) is 20.0. The summed E-state index contributed by atoms with van der Waals surface area (Å²) in [5.41, 5.74) is 6.66. The number of hydrogen-bond acceptors (Lipinski definition) is 6. The summed E-state index contributed by atoms with van der Waals surface area (Å²) in [6, 6.07) is 5.27. The molecule has 1 saturated carbocycles. The topological polar surface area (TPSA) is 102 Å². The first-order chi connectivity index (χ1) is 15.0. The highest BCUT2D eigenvalue weighted by Gasteiger charge is 2.41. The molecule has 31 heavy (non-hydrogen) atoms. The van der Waals surface area contributed by atoms with Crippen LogP contribution in [-0.2, 0) is 11.3 Å². The molecule has 3 fully saturated rings. The molecule has 2 aromatic rings. The van der Waals surface area contributed by atoms with Crippen molar-refractivity contribution in [1.29, 1.82) is 0 Å². The van der Waals surface area contributed by atoms with E-state index >= 15 is 4.39 Å². The van der Waals surface area contributed by atoms with Crippen molar-refractivity contribution in [3.63, 3.8) is 0 Å². The van der Waals surface area contributed by atoms with Crippen LogP contribution in [0.4, 0.5) is 20.6 Å². The van der Waals surface area contributed by atoms with Crippen LogP contribution in [0.25, 0.3) is 0 Å². The molecule has 0 bridgehead atoms. The number of nitrogens with one attached hydrogen (secondary N) is 1. The minimum Gasteiger partial charge on any atom is -0.442 e. The van der Waals surface area contributed by atoms with Crippen LogP contribution in [0.3, 0.4) is 0 Å². The Bertz CT molecular complexity index is 974. The lowest BCUT2D eigenvalue weighted by Gasteiger charge is -2.23. The normalized spacial score (nSPS) is 27.5. The second kappa shape index (κ2) is 7.95. The minimum absolute atomic E-state index is 0.313. The molecule has 3 N–H and O–H groups in total. The fourth-order valence-electron chi connectivity index (χ4n) is 5.10. The Kier molecular flexibility index (Phi) is 5.12. The van der Waals surface area contributed by atoms with E-state index in [4.69, 9.17) is 22.7 Å². The highest BCUT2D eigenvalue weighted by molar-refractivity contribution is 7.80. The van der Waals surface area contributed by atoms with Gasteiger partial charge in [-0.25, -0.2) is 13.9 Å². The highest BCUT2D eigenvalue weighted by atomic mass is 32.1. The molecular weight excluding hydrogens is 421 g/mol. The van der Waals surface area contributed by atoms with Crippen molar-refractivity contribution >= 4 is 34.8 Å². The Morgan fingerprint density at radius 1 is 1.29 bits per heavy atom. The largest absolute Gasteiger partial charge is 0.442 e. The molecule has 3 aliphatic rings. The quantitative estimate of drug-likeness (QED) is 0.668. The number of cyclic esters (lactones) is 1. The van der Waals surface area contributed by atoms with E-state index in [0.29, 0.717) is 47.5 Å². The van der Waals surface area contributed by atoms with Crippen LogP contribution in [0.2, 0.25) is 0 Å². The zero-order valence-electron chi connectivity index (χ0n) is 16.9.